The Labute approximate surface area is 153 Å². The molecule has 0 bridgehead atoms. The zero-order chi connectivity index (χ0) is 18.9. The number of aryl methyl sites for hydroxylation is 2. The van der Waals surface area contributed by atoms with Crippen LogP contribution in [0.15, 0.2) is 47.5 Å². The molecule has 2 aromatic rings. The molecular formula is C19H23N5O2. The SMILES string of the molecule is C=N/C(=C\C(=C/C)c1cnc(C)c(OCCO)c1)Nc1ccnc(C)n1. The summed E-state index contributed by atoms with van der Waals surface area (Å²) in [6.07, 6.45) is 7.24. The summed E-state index contributed by atoms with van der Waals surface area (Å²) in [6, 6.07) is 3.65. The van der Waals surface area contributed by atoms with Gasteiger partial charge in [0, 0.05) is 18.0 Å². The van der Waals surface area contributed by atoms with E-state index in [2.05, 4.69) is 32.0 Å². The van der Waals surface area contributed by atoms with Crippen molar-refractivity contribution in [1.82, 2.24) is 15.0 Å². The second kappa shape index (κ2) is 9.43. The van der Waals surface area contributed by atoms with Gasteiger partial charge in [0.1, 0.15) is 29.8 Å². The fourth-order valence-electron chi connectivity index (χ4n) is 2.23. The molecule has 0 aromatic carbocycles. The molecule has 0 spiro atoms. The minimum absolute atomic E-state index is 0.0488. The Morgan fingerprint density at radius 1 is 1.38 bits per heavy atom. The highest BCUT2D eigenvalue weighted by Crippen LogP contribution is 2.24. The maximum Gasteiger partial charge on any atom is 0.141 e. The lowest BCUT2D eigenvalue weighted by Gasteiger charge is -2.11. The topological polar surface area (TPSA) is 92.5 Å². The van der Waals surface area contributed by atoms with Crippen LogP contribution in [0, 0.1) is 13.8 Å². The second-order valence-electron chi connectivity index (χ2n) is 5.43. The number of ether oxygens (including phenoxy) is 1. The number of allylic oxidation sites excluding steroid dienone is 3. The fraction of sp³-hybridized carbons (Fsp3) is 0.263. The maximum atomic E-state index is 8.95. The Hall–Kier alpha value is -3.06. The number of nitrogens with zero attached hydrogens (tertiary/aromatic N) is 4. The van der Waals surface area contributed by atoms with E-state index in [4.69, 9.17) is 9.84 Å². The molecule has 0 aliphatic heterocycles. The third kappa shape index (κ3) is 5.22. The summed E-state index contributed by atoms with van der Waals surface area (Å²) in [5.74, 6) is 2.49. The van der Waals surface area contributed by atoms with Crippen molar-refractivity contribution in [1.29, 1.82) is 0 Å². The van der Waals surface area contributed by atoms with E-state index in [1.807, 2.05) is 39.0 Å². The maximum absolute atomic E-state index is 8.95. The van der Waals surface area contributed by atoms with E-state index in [1.54, 1.807) is 18.5 Å². The largest absolute Gasteiger partial charge is 0.489 e. The summed E-state index contributed by atoms with van der Waals surface area (Å²) in [7, 11) is 0. The standard InChI is InChI=1S/C19H23N5O2/c1-5-15(16-10-17(26-9-8-25)13(2)22-12-16)11-19(20-4)24-18-6-7-21-14(3)23-18/h5-7,10-12,25H,4,8-9H2,1-3H3,(H,21,23,24)/b15-5+,19-11+. The van der Waals surface area contributed by atoms with Gasteiger partial charge in [-0.25, -0.2) is 15.0 Å². The first-order valence-corrected chi connectivity index (χ1v) is 8.19. The number of hydrogen-bond donors (Lipinski definition) is 2. The van der Waals surface area contributed by atoms with Gasteiger partial charge in [-0.2, -0.15) is 0 Å². The van der Waals surface area contributed by atoms with Crippen LogP contribution in [-0.4, -0.2) is 40.0 Å². The number of rotatable bonds is 8. The molecule has 2 rings (SSSR count). The first-order valence-electron chi connectivity index (χ1n) is 8.19. The number of aliphatic hydroxyl groups excluding tert-OH is 1. The number of hydrogen-bond acceptors (Lipinski definition) is 7. The molecule has 7 heteroatoms. The number of aromatic nitrogens is 3. The van der Waals surface area contributed by atoms with E-state index >= 15 is 0 Å². The van der Waals surface area contributed by atoms with E-state index in [9.17, 15) is 0 Å². The average Bonchev–Trinajstić information content (AvgIpc) is 2.64. The normalized spacial score (nSPS) is 12.0. The average molecular weight is 353 g/mol. The first kappa shape index (κ1) is 19.3. The van der Waals surface area contributed by atoms with Crippen LogP contribution in [0.3, 0.4) is 0 Å². The van der Waals surface area contributed by atoms with E-state index in [0.29, 0.717) is 23.2 Å². The van der Waals surface area contributed by atoms with Crippen molar-refractivity contribution in [2.24, 2.45) is 4.99 Å². The summed E-state index contributed by atoms with van der Waals surface area (Å²) in [4.78, 5) is 16.8. The summed E-state index contributed by atoms with van der Waals surface area (Å²) < 4.78 is 5.53. The molecule has 0 aliphatic carbocycles. The highest BCUT2D eigenvalue weighted by Gasteiger charge is 2.07. The molecule has 0 amide bonds. The van der Waals surface area contributed by atoms with Gasteiger partial charge in [-0.3, -0.25) is 4.98 Å². The molecule has 26 heavy (non-hydrogen) atoms. The smallest absolute Gasteiger partial charge is 0.141 e. The van der Waals surface area contributed by atoms with Crippen LogP contribution in [0.25, 0.3) is 5.57 Å². The summed E-state index contributed by atoms with van der Waals surface area (Å²) in [5, 5.41) is 12.1. The van der Waals surface area contributed by atoms with Crippen molar-refractivity contribution in [2.75, 3.05) is 18.5 Å². The zero-order valence-corrected chi connectivity index (χ0v) is 15.2. The molecule has 0 saturated carbocycles. The van der Waals surface area contributed by atoms with Crippen molar-refractivity contribution in [3.05, 3.63) is 59.6 Å². The van der Waals surface area contributed by atoms with Gasteiger partial charge < -0.3 is 15.2 Å². The van der Waals surface area contributed by atoms with Crippen LogP contribution < -0.4 is 10.1 Å². The van der Waals surface area contributed by atoms with E-state index in [0.717, 1.165) is 16.8 Å². The molecule has 0 fully saturated rings. The number of pyridine rings is 1. The molecule has 0 unspecified atom stereocenters. The van der Waals surface area contributed by atoms with Crippen LogP contribution in [0.4, 0.5) is 5.82 Å². The van der Waals surface area contributed by atoms with Gasteiger partial charge in [-0.15, -0.1) is 0 Å². The lowest BCUT2D eigenvalue weighted by atomic mass is 10.1. The van der Waals surface area contributed by atoms with Gasteiger partial charge in [-0.05, 0) is 51.3 Å². The number of aliphatic imine (C=N–C) groups is 1. The molecule has 0 atom stereocenters. The second-order valence-corrected chi connectivity index (χ2v) is 5.43. The Bertz CT molecular complexity index is 830. The number of nitrogens with one attached hydrogen (secondary N) is 1. The third-order valence-electron chi connectivity index (χ3n) is 3.53. The highest BCUT2D eigenvalue weighted by molar-refractivity contribution is 5.75. The molecule has 7 nitrogen and oxygen atoms in total. The quantitative estimate of drug-likeness (QED) is 0.560. The van der Waals surface area contributed by atoms with Crippen molar-refractivity contribution in [3.8, 4) is 5.75 Å². The molecule has 2 aromatic heterocycles. The number of anilines is 1. The predicted molar refractivity (Wildman–Crippen MR) is 103 cm³/mol. The van der Waals surface area contributed by atoms with Crippen LogP contribution >= 0.6 is 0 Å². The molecule has 2 N–H and O–H groups in total. The fourth-order valence-corrected chi connectivity index (χ4v) is 2.23. The molecule has 0 radical (unpaired) electrons. The minimum atomic E-state index is -0.0488. The van der Waals surface area contributed by atoms with Crippen LogP contribution in [0.1, 0.15) is 24.0 Å². The molecule has 2 heterocycles. The predicted octanol–water partition coefficient (Wildman–Crippen LogP) is 2.92. The van der Waals surface area contributed by atoms with E-state index in [-0.39, 0.29) is 13.2 Å². The van der Waals surface area contributed by atoms with Gasteiger partial charge in [-0.1, -0.05) is 6.08 Å². The zero-order valence-electron chi connectivity index (χ0n) is 15.2. The van der Waals surface area contributed by atoms with Gasteiger partial charge in [0.2, 0.25) is 0 Å². The van der Waals surface area contributed by atoms with Crippen molar-refractivity contribution >= 4 is 18.1 Å². The first-order chi connectivity index (χ1) is 12.6. The van der Waals surface area contributed by atoms with Crippen molar-refractivity contribution in [2.45, 2.75) is 20.8 Å². The summed E-state index contributed by atoms with van der Waals surface area (Å²) in [5.41, 5.74) is 2.53. The lowest BCUT2D eigenvalue weighted by molar-refractivity contribution is 0.200. The Morgan fingerprint density at radius 2 is 2.19 bits per heavy atom. The number of aliphatic hydroxyl groups is 1. The van der Waals surface area contributed by atoms with Gasteiger partial charge in [0.25, 0.3) is 0 Å². The van der Waals surface area contributed by atoms with Crippen molar-refractivity contribution < 1.29 is 9.84 Å². The highest BCUT2D eigenvalue weighted by atomic mass is 16.5. The van der Waals surface area contributed by atoms with Gasteiger partial charge in [0.15, 0.2) is 0 Å². The molecule has 0 saturated heterocycles. The molecular weight excluding hydrogens is 330 g/mol. The molecule has 0 aliphatic rings. The van der Waals surface area contributed by atoms with Gasteiger partial charge >= 0.3 is 0 Å². The van der Waals surface area contributed by atoms with E-state index < -0.39 is 0 Å². The summed E-state index contributed by atoms with van der Waals surface area (Å²) >= 11 is 0. The van der Waals surface area contributed by atoms with Crippen LogP contribution in [0.5, 0.6) is 5.75 Å². The van der Waals surface area contributed by atoms with Crippen LogP contribution in [0.2, 0.25) is 0 Å². The van der Waals surface area contributed by atoms with E-state index in [1.165, 1.54) is 0 Å². The van der Waals surface area contributed by atoms with Gasteiger partial charge in [0.05, 0.1) is 12.3 Å². The lowest BCUT2D eigenvalue weighted by Crippen LogP contribution is -2.04. The third-order valence-corrected chi connectivity index (χ3v) is 3.53. The Kier molecular flexibility index (Phi) is 6.99. The molecule has 136 valence electrons. The Morgan fingerprint density at radius 3 is 2.85 bits per heavy atom. The monoisotopic (exact) mass is 353 g/mol. The van der Waals surface area contributed by atoms with Crippen LogP contribution in [-0.2, 0) is 0 Å². The Balaban J connectivity index is 2.28. The summed E-state index contributed by atoms with van der Waals surface area (Å²) in [6.45, 7) is 9.39. The van der Waals surface area contributed by atoms with Crippen molar-refractivity contribution in [3.63, 3.8) is 0 Å². The minimum Gasteiger partial charge on any atom is -0.489 e.